The van der Waals surface area contributed by atoms with Crippen molar-refractivity contribution in [2.24, 2.45) is 0 Å². The predicted octanol–water partition coefficient (Wildman–Crippen LogP) is -0.0852. The van der Waals surface area contributed by atoms with Crippen molar-refractivity contribution < 1.29 is 27.9 Å². The van der Waals surface area contributed by atoms with Crippen LogP contribution in [0.25, 0.3) is 0 Å². The SMILES string of the molecule is CC(C)(C)OC(=O)N1C[C@@](C)(C(=O)O)NS1(=O)=O. The molecule has 0 aromatic rings. The Hall–Kier alpha value is -1.35. The average molecular weight is 280 g/mol. The molecular formula is C9H16N2O6S. The van der Waals surface area contributed by atoms with Gasteiger partial charge in [0.2, 0.25) is 0 Å². The minimum atomic E-state index is -4.18. The summed E-state index contributed by atoms with van der Waals surface area (Å²) in [6.07, 6.45) is -1.10. The van der Waals surface area contributed by atoms with Crippen molar-refractivity contribution >= 4 is 22.3 Å². The maximum atomic E-state index is 11.7. The van der Waals surface area contributed by atoms with E-state index in [2.05, 4.69) is 0 Å². The number of ether oxygens (including phenoxy) is 1. The van der Waals surface area contributed by atoms with Crippen molar-refractivity contribution in [3.8, 4) is 0 Å². The number of nitrogens with zero attached hydrogens (tertiary/aromatic N) is 1. The molecule has 1 amide bonds. The van der Waals surface area contributed by atoms with Crippen LogP contribution in [-0.4, -0.2) is 47.6 Å². The highest BCUT2D eigenvalue weighted by molar-refractivity contribution is 7.88. The summed E-state index contributed by atoms with van der Waals surface area (Å²) in [5.41, 5.74) is -2.61. The zero-order chi connectivity index (χ0) is 14.4. The molecule has 1 rings (SSSR count). The molecule has 0 bridgehead atoms. The molecule has 0 radical (unpaired) electrons. The highest BCUT2D eigenvalue weighted by atomic mass is 32.2. The fraction of sp³-hybridized carbons (Fsp3) is 0.778. The van der Waals surface area contributed by atoms with Gasteiger partial charge >= 0.3 is 22.3 Å². The van der Waals surface area contributed by atoms with Gasteiger partial charge in [0.25, 0.3) is 0 Å². The molecule has 8 nitrogen and oxygen atoms in total. The lowest BCUT2D eigenvalue weighted by Crippen LogP contribution is -2.48. The molecule has 0 saturated carbocycles. The van der Waals surface area contributed by atoms with Crippen molar-refractivity contribution in [3.63, 3.8) is 0 Å². The lowest BCUT2D eigenvalue weighted by molar-refractivity contribution is -0.142. The molecule has 9 heteroatoms. The minimum Gasteiger partial charge on any atom is -0.480 e. The van der Waals surface area contributed by atoms with Crippen molar-refractivity contribution in [3.05, 3.63) is 0 Å². The Kier molecular flexibility index (Phi) is 3.34. The zero-order valence-electron chi connectivity index (χ0n) is 10.6. The lowest BCUT2D eigenvalue weighted by Gasteiger charge is -2.23. The van der Waals surface area contributed by atoms with Gasteiger partial charge in [-0.05, 0) is 27.7 Å². The number of aliphatic carboxylic acids is 1. The normalized spacial score (nSPS) is 27.0. The van der Waals surface area contributed by atoms with Gasteiger partial charge in [-0.2, -0.15) is 17.4 Å². The minimum absolute atomic E-state index is 0.381. The molecule has 0 aliphatic carbocycles. The summed E-state index contributed by atoms with van der Waals surface area (Å²) in [4.78, 5) is 22.6. The van der Waals surface area contributed by atoms with E-state index in [-0.39, 0.29) is 0 Å². The molecule has 0 spiro atoms. The molecule has 1 aliphatic heterocycles. The molecule has 18 heavy (non-hydrogen) atoms. The van der Waals surface area contributed by atoms with E-state index < -0.39 is 40.0 Å². The highest BCUT2D eigenvalue weighted by Gasteiger charge is 2.52. The number of hydrogen-bond donors (Lipinski definition) is 2. The number of carbonyl (C=O) groups excluding carboxylic acids is 1. The number of amides is 1. The van der Waals surface area contributed by atoms with E-state index in [0.717, 1.165) is 0 Å². The third-order valence-electron chi connectivity index (χ3n) is 2.17. The van der Waals surface area contributed by atoms with Gasteiger partial charge in [0.15, 0.2) is 0 Å². The highest BCUT2D eigenvalue weighted by Crippen LogP contribution is 2.22. The molecule has 0 unspecified atom stereocenters. The molecule has 1 aliphatic rings. The van der Waals surface area contributed by atoms with Gasteiger partial charge in [-0.15, -0.1) is 0 Å². The van der Waals surface area contributed by atoms with E-state index in [4.69, 9.17) is 9.84 Å². The second-order valence-electron chi connectivity index (χ2n) is 5.23. The van der Waals surface area contributed by atoms with Crippen LogP contribution in [0.1, 0.15) is 27.7 Å². The Morgan fingerprint density at radius 3 is 2.22 bits per heavy atom. The van der Waals surface area contributed by atoms with E-state index in [9.17, 15) is 18.0 Å². The molecule has 1 saturated heterocycles. The standard InChI is InChI=1S/C9H16N2O6S/c1-8(2,3)17-7(14)11-5-9(4,6(12)13)10-18(11,15)16/h10H,5H2,1-4H3,(H,12,13)/t9-/m0/s1. The number of hydrogen-bond acceptors (Lipinski definition) is 5. The van der Waals surface area contributed by atoms with Crippen molar-refractivity contribution in [1.82, 2.24) is 9.03 Å². The smallest absolute Gasteiger partial charge is 0.425 e. The topological polar surface area (TPSA) is 113 Å². The maximum absolute atomic E-state index is 11.7. The molecule has 2 N–H and O–H groups in total. The number of nitrogens with one attached hydrogen (secondary N) is 1. The van der Waals surface area contributed by atoms with Crippen molar-refractivity contribution in [2.45, 2.75) is 38.8 Å². The summed E-state index contributed by atoms with van der Waals surface area (Å²) in [5.74, 6) is -1.36. The summed E-state index contributed by atoms with van der Waals surface area (Å²) >= 11 is 0. The fourth-order valence-electron chi connectivity index (χ4n) is 1.33. The van der Waals surface area contributed by atoms with Gasteiger partial charge in [-0.3, -0.25) is 4.79 Å². The largest absolute Gasteiger partial charge is 0.480 e. The first-order chi connectivity index (χ1) is 7.87. The van der Waals surface area contributed by atoms with E-state index in [1.165, 1.54) is 6.92 Å². The first-order valence-electron chi connectivity index (χ1n) is 5.15. The zero-order valence-corrected chi connectivity index (χ0v) is 11.4. The fourth-order valence-corrected chi connectivity index (χ4v) is 2.82. The van der Waals surface area contributed by atoms with Crippen LogP contribution >= 0.6 is 0 Å². The molecular weight excluding hydrogens is 264 g/mol. The van der Waals surface area contributed by atoms with Crippen LogP contribution in [0.3, 0.4) is 0 Å². The third kappa shape index (κ3) is 2.91. The van der Waals surface area contributed by atoms with Crippen LogP contribution in [-0.2, 0) is 19.7 Å². The van der Waals surface area contributed by atoms with Gasteiger partial charge < -0.3 is 9.84 Å². The van der Waals surface area contributed by atoms with Crippen LogP contribution in [0, 0.1) is 0 Å². The van der Waals surface area contributed by atoms with E-state index >= 15 is 0 Å². The Labute approximate surface area is 105 Å². The van der Waals surface area contributed by atoms with Crippen LogP contribution in [0.2, 0.25) is 0 Å². The average Bonchev–Trinajstić information content (AvgIpc) is 2.34. The molecule has 1 fully saturated rings. The summed E-state index contributed by atoms with van der Waals surface area (Å²) in [6.45, 7) is 5.41. The van der Waals surface area contributed by atoms with Gasteiger partial charge in [0.1, 0.15) is 11.1 Å². The second kappa shape index (κ2) is 4.09. The Balaban J connectivity index is 2.98. The van der Waals surface area contributed by atoms with Crippen LogP contribution in [0.4, 0.5) is 4.79 Å². The first kappa shape index (κ1) is 14.7. The molecule has 0 aromatic carbocycles. The quantitative estimate of drug-likeness (QED) is 0.694. The second-order valence-corrected chi connectivity index (χ2v) is 6.83. The maximum Gasteiger partial charge on any atom is 0.425 e. The monoisotopic (exact) mass is 280 g/mol. The van der Waals surface area contributed by atoms with Crippen molar-refractivity contribution in [1.29, 1.82) is 0 Å². The molecule has 1 atom stereocenters. The third-order valence-corrected chi connectivity index (χ3v) is 3.74. The first-order valence-corrected chi connectivity index (χ1v) is 6.59. The Morgan fingerprint density at radius 2 is 1.89 bits per heavy atom. The van der Waals surface area contributed by atoms with Crippen LogP contribution in [0.15, 0.2) is 0 Å². The van der Waals surface area contributed by atoms with Gasteiger partial charge in [-0.25, -0.2) is 4.79 Å². The summed E-state index contributed by atoms with van der Waals surface area (Å²) in [7, 11) is -4.18. The van der Waals surface area contributed by atoms with E-state index in [0.29, 0.717) is 4.31 Å². The molecule has 0 aromatic heterocycles. The molecule has 1 heterocycles. The lowest BCUT2D eigenvalue weighted by atomic mass is 10.1. The number of carboxylic acid groups (broad SMARTS) is 1. The number of carbonyl (C=O) groups is 2. The Bertz CT molecular complexity index is 480. The Morgan fingerprint density at radius 1 is 1.39 bits per heavy atom. The van der Waals surface area contributed by atoms with E-state index in [1.807, 2.05) is 4.72 Å². The summed E-state index contributed by atoms with van der Waals surface area (Å²) in [5, 5.41) is 8.93. The van der Waals surface area contributed by atoms with Gasteiger partial charge in [-0.1, -0.05) is 0 Å². The van der Waals surface area contributed by atoms with Crippen LogP contribution < -0.4 is 4.72 Å². The molecule has 104 valence electrons. The van der Waals surface area contributed by atoms with Gasteiger partial charge in [0.05, 0.1) is 6.54 Å². The van der Waals surface area contributed by atoms with E-state index in [1.54, 1.807) is 20.8 Å². The van der Waals surface area contributed by atoms with Gasteiger partial charge in [0, 0.05) is 0 Å². The van der Waals surface area contributed by atoms with Crippen molar-refractivity contribution in [2.75, 3.05) is 6.54 Å². The number of rotatable bonds is 1. The summed E-state index contributed by atoms with van der Waals surface area (Å²) < 4.78 is 30.5. The predicted molar refractivity (Wildman–Crippen MR) is 61.0 cm³/mol. The summed E-state index contributed by atoms with van der Waals surface area (Å²) in [6, 6.07) is 0. The van der Waals surface area contributed by atoms with Crippen LogP contribution in [0.5, 0.6) is 0 Å². The number of carboxylic acids is 1.